The molecule has 3 rings (SSSR count). The molecule has 2 heterocycles. The highest BCUT2D eigenvalue weighted by atomic mass is 16.5. The van der Waals surface area contributed by atoms with Gasteiger partial charge >= 0.3 is 5.97 Å². The number of carboxylic acid groups (broad SMARTS) is 1. The summed E-state index contributed by atoms with van der Waals surface area (Å²) in [6.07, 6.45) is 1.91. The molecule has 0 atom stereocenters. The van der Waals surface area contributed by atoms with Crippen molar-refractivity contribution in [3.8, 4) is 11.5 Å². The number of benzene rings is 1. The van der Waals surface area contributed by atoms with E-state index in [1.165, 1.54) is 0 Å². The number of carbonyl (C=O) groups is 1. The molecule has 0 saturated heterocycles. The topological polar surface area (TPSA) is 93.8 Å². The van der Waals surface area contributed by atoms with Crippen molar-refractivity contribution in [3.63, 3.8) is 0 Å². The van der Waals surface area contributed by atoms with Gasteiger partial charge in [0.25, 0.3) is 6.01 Å². The predicted octanol–water partition coefficient (Wildman–Crippen LogP) is 2.28. The molecule has 2 aromatic rings. The third-order valence-corrected chi connectivity index (χ3v) is 2.72. The summed E-state index contributed by atoms with van der Waals surface area (Å²) in [5.74, 6) is 0.185. The van der Waals surface area contributed by atoms with Gasteiger partial charge in [0.2, 0.25) is 0 Å². The Morgan fingerprint density at radius 1 is 1.25 bits per heavy atom. The molecule has 0 spiro atoms. The summed E-state index contributed by atoms with van der Waals surface area (Å²) in [4.78, 5) is 14.5. The van der Waals surface area contributed by atoms with Gasteiger partial charge in [0.1, 0.15) is 6.26 Å². The van der Waals surface area contributed by atoms with Crippen molar-refractivity contribution >= 4 is 17.7 Å². The van der Waals surface area contributed by atoms with Crippen LogP contribution >= 0.6 is 0 Å². The number of nitrogens with one attached hydrogen (secondary N) is 1. The maximum absolute atomic E-state index is 10.7. The second-order valence-electron chi connectivity index (χ2n) is 4.18. The predicted molar refractivity (Wildman–Crippen MR) is 68.8 cm³/mol. The largest absolute Gasteiger partial charge is 0.490 e. The third-order valence-electron chi connectivity index (χ3n) is 2.72. The maximum atomic E-state index is 10.7. The Labute approximate surface area is 114 Å². The molecule has 7 heteroatoms. The standard InChI is InChI=1S/C13H12N2O5/c16-12(17)9-7-20-13(15-9)14-8-2-3-10-11(6-8)19-5-1-4-18-10/h2-3,6-7H,1,4-5H2,(H,14,15)(H,16,17). The number of hydrogen-bond donors (Lipinski definition) is 2. The van der Waals surface area contributed by atoms with E-state index >= 15 is 0 Å². The van der Waals surface area contributed by atoms with Crippen molar-refractivity contribution in [1.29, 1.82) is 0 Å². The second-order valence-corrected chi connectivity index (χ2v) is 4.18. The molecule has 0 fully saturated rings. The fourth-order valence-corrected chi connectivity index (χ4v) is 1.79. The Hall–Kier alpha value is -2.70. The van der Waals surface area contributed by atoms with Gasteiger partial charge in [0.15, 0.2) is 17.2 Å². The first-order chi connectivity index (χ1) is 9.72. The Bertz CT molecular complexity index is 637. The third kappa shape index (κ3) is 2.51. The van der Waals surface area contributed by atoms with Crippen LogP contribution in [-0.2, 0) is 0 Å². The van der Waals surface area contributed by atoms with Crippen molar-refractivity contribution in [1.82, 2.24) is 4.98 Å². The van der Waals surface area contributed by atoms with Crippen molar-refractivity contribution < 1.29 is 23.8 Å². The quantitative estimate of drug-likeness (QED) is 0.888. The van der Waals surface area contributed by atoms with Crippen LogP contribution < -0.4 is 14.8 Å². The molecule has 1 aliphatic heterocycles. The zero-order valence-corrected chi connectivity index (χ0v) is 10.5. The number of aromatic carboxylic acids is 1. The Morgan fingerprint density at radius 3 is 2.80 bits per heavy atom. The molecule has 1 aliphatic rings. The van der Waals surface area contributed by atoms with E-state index in [1.54, 1.807) is 18.2 Å². The number of oxazole rings is 1. The van der Waals surface area contributed by atoms with Gasteiger partial charge < -0.3 is 24.3 Å². The first-order valence-corrected chi connectivity index (χ1v) is 6.08. The number of rotatable bonds is 3. The van der Waals surface area contributed by atoms with Crippen molar-refractivity contribution in [2.75, 3.05) is 18.5 Å². The molecule has 0 radical (unpaired) electrons. The van der Waals surface area contributed by atoms with Crippen LogP contribution in [-0.4, -0.2) is 29.3 Å². The van der Waals surface area contributed by atoms with Crippen LogP contribution in [0, 0.1) is 0 Å². The lowest BCUT2D eigenvalue weighted by atomic mass is 10.3. The molecule has 20 heavy (non-hydrogen) atoms. The zero-order valence-electron chi connectivity index (χ0n) is 10.5. The SMILES string of the molecule is O=C(O)c1coc(Nc2ccc3c(c2)OCCCO3)n1. The van der Waals surface area contributed by atoms with Gasteiger partial charge in [0.05, 0.1) is 13.2 Å². The minimum atomic E-state index is -1.14. The van der Waals surface area contributed by atoms with E-state index in [4.69, 9.17) is 19.0 Å². The van der Waals surface area contributed by atoms with E-state index in [9.17, 15) is 4.79 Å². The van der Waals surface area contributed by atoms with Crippen LogP contribution in [0.4, 0.5) is 11.7 Å². The summed E-state index contributed by atoms with van der Waals surface area (Å²) in [5.41, 5.74) is 0.523. The molecule has 0 bridgehead atoms. The van der Waals surface area contributed by atoms with E-state index < -0.39 is 5.97 Å². The first kappa shape index (κ1) is 12.3. The van der Waals surface area contributed by atoms with E-state index in [0.29, 0.717) is 30.4 Å². The molecule has 0 unspecified atom stereocenters. The van der Waals surface area contributed by atoms with Crippen LogP contribution in [0.3, 0.4) is 0 Å². The fourth-order valence-electron chi connectivity index (χ4n) is 1.79. The van der Waals surface area contributed by atoms with Crippen LogP contribution in [0.1, 0.15) is 16.9 Å². The average Bonchev–Trinajstić information content (AvgIpc) is 2.77. The van der Waals surface area contributed by atoms with Gasteiger partial charge in [-0.25, -0.2) is 4.79 Å². The van der Waals surface area contributed by atoms with E-state index in [1.807, 2.05) is 0 Å². The number of fused-ring (bicyclic) bond motifs is 1. The van der Waals surface area contributed by atoms with Gasteiger partial charge in [-0.15, -0.1) is 0 Å². The Balaban J connectivity index is 1.80. The minimum absolute atomic E-state index is 0.108. The van der Waals surface area contributed by atoms with Gasteiger partial charge in [-0.05, 0) is 12.1 Å². The number of anilines is 2. The number of carboxylic acids is 1. The molecule has 7 nitrogen and oxygen atoms in total. The van der Waals surface area contributed by atoms with Crippen LogP contribution in [0.5, 0.6) is 11.5 Å². The molecule has 0 amide bonds. The monoisotopic (exact) mass is 276 g/mol. The average molecular weight is 276 g/mol. The van der Waals surface area contributed by atoms with Gasteiger partial charge in [-0.1, -0.05) is 0 Å². The maximum Gasteiger partial charge on any atom is 0.357 e. The lowest BCUT2D eigenvalue weighted by Gasteiger charge is -2.09. The van der Waals surface area contributed by atoms with Gasteiger partial charge in [0, 0.05) is 18.2 Å². The molecule has 0 aliphatic carbocycles. The zero-order chi connectivity index (χ0) is 13.9. The highest BCUT2D eigenvalue weighted by Crippen LogP contribution is 2.33. The number of nitrogens with zero attached hydrogens (tertiary/aromatic N) is 1. The fraction of sp³-hybridized carbons (Fsp3) is 0.231. The molecule has 2 N–H and O–H groups in total. The smallest absolute Gasteiger partial charge is 0.357 e. The summed E-state index contributed by atoms with van der Waals surface area (Å²) >= 11 is 0. The van der Waals surface area contributed by atoms with Gasteiger partial charge in [-0.3, -0.25) is 0 Å². The molecule has 104 valence electrons. The Kier molecular flexibility index (Phi) is 3.16. The van der Waals surface area contributed by atoms with Gasteiger partial charge in [-0.2, -0.15) is 4.98 Å². The highest BCUT2D eigenvalue weighted by Gasteiger charge is 2.13. The Morgan fingerprint density at radius 2 is 2.05 bits per heavy atom. The van der Waals surface area contributed by atoms with Crippen molar-refractivity contribution in [3.05, 3.63) is 30.2 Å². The van der Waals surface area contributed by atoms with Crippen LogP contribution in [0.2, 0.25) is 0 Å². The normalized spacial score (nSPS) is 13.6. The number of aromatic nitrogens is 1. The van der Waals surface area contributed by atoms with E-state index in [2.05, 4.69) is 10.3 Å². The van der Waals surface area contributed by atoms with Crippen molar-refractivity contribution in [2.24, 2.45) is 0 Å². The molecule has 1 aromatic heterocycles. The molecular formula is C13H12N2O5. The lowest BCUT2D eigenvalue weighted by Crippen LogP contribution is -1.98. The van der Waals surface area contributed by atoms with Crippen molar-refractivity contribution in [2.45, 2.75) is 6.42 Å². The summed E-state index contributed by atoms with van der Waals surface area (Å²) in [7, 11) is 0. The summed E-state index contributed by atoms with van der Waals surface area (Å²) in [6, 6.07) is 5.42. The molecular weight excluding hydrogens is 264 g/mol. The summed E-state index contributed by atoms with van der Waals surface area (Å²) in [5, 5.41) is 11.6. The molecule has 0 saturated carbocycles. The van der Waals surface area contributed by atoms with Crippen LogP contribution in [0.15, 0.2) is 28.9 Å². The summed E-state index contributed by atoms with van der Waals surface area (Å²) in [6.45, 7) is 1.22. The van der Waals surface area contributed by atoms with E-state index in [-0.39, 0.29) is 11.7 Å². The van der Waals surface area contributed by atoms with E-state index in [0.717, 1.165) is 12.7 Å². The highest BCUT2D eigenvalue weighted by molar-refractivity contribution is 5.85. The number of ether oxygens (including phenoxy) is 2. The second kappa shape index (κ2) is 5.12. The minimum Gasteiger partial charge on any atom is -0.490 e. The summed E-state index contributed by atoms with van der Waals surface area (Å²) < 4.78 is 16.1. The molecule has 1 aromatic carbocycles. The van der Waals surface area contributed by atoms with Crippen LogP contribution in [0.25, 0.3) is 0 Å². The number of hydrogen-bond acceptors (Lipinski definition) is 6. The lowest BCUT2D eigenvalue weighted by molar-refractivity contribution is 0.0690. The first-order valence-electron chi connectivity index (χ1n) is 6.08.